The van der Waals surface area contributed by atoms with Crippen molar-refractivity contribution in [2.24, 2.45) is 0 Å². The molecule has 0 unspecified atom stereocenters. The summed E-state index contributed by atoms with van der Waals surface area (Å²) in [6.07, 6.45) is 2.74. The maximum atomic E-state index is 11.9. The van der Waals surface area contributed by atoms with Crippen molar-refractivity contribution in [1.82, 2.24) is 10.3 Å². The first-order valence-corrected chi connectivity index (χ1v) is 7.97. The van der Waals surface area contributed by atoms with Gasteiger partial charge in [-0.2, -0.15) is 0 Å². The largest absolute Gasteiger partial charge is 0.478 e. The molecule has 0 saturated heterocycles. The highest BCUT2D eigenvalue weighted by molar-refractivity contribution is 7.09. The summed E-state index contributed by atoms with van der Waals surface area (Å²) in [5.41, 5.74) is 1.54. The summed E-state index contributed by atoms with van der Waals surface area (Å²) in [7, 11) is 0. The molecule has 0 saturated carbocycles. The highest BCUT2D eigenvalue weighted by Gasteiger charge is 2.08. The molecule has 1 amide bonds. The SMILES string of the molecule is Cc1csc(CCCCNC(=O)c2cccc(C(=O)O)c2)n1. The molecule has 22 heavy (non-hydrogen) atoms. The fraction of sp³-hybridized carbons (Fsp3) is 0.312. The van der Waals surface area contributed by atoms with Crippen LogP contribution in [0.5, 0.6) is 0 Å². The molecule has 1 aromatic heterocycles. The van der Waals surface area contributed by atoms with Gasteiger partial charge in [-0.05, 0) is 44.4 Å². The topological polar surface area (TPSA) is 79.3 Å². The summed E-state index contributed by atoms with van der Waals surface area (Å²) >= 11 is 1.66. The molecular weight excluding hydrogens is 300 g/mol. The highest BCUT2D eigenvalue weighted by Crippen LogP contribution is 2.11. The summed E-state index contributed by atoms with van der Waals surface area (Å²) in [4.78, 5) is 27.2. The van der Waals surface area contributed by atoms with Crippen molar-refractivity contribution in [2.75, 3.05) is 6.54 Å². The molecule has 1 heterocycles. The lowest BCUT2D eigenvalue weighted by Gasteiger charge is -2.05. The summed E-state index contributed by atoms with van der Waals surface area (Å²) in [6.45, 7) is 2.55. The lowest BCUT2D eigenvalue weighted by atomic mass is 10.1. The first kappa shape index (κ1) is 16.2. The smallest absolute Gasteiger partial charge is 0.335 e. The molecule has 0 aliphatic carbocycles. The number of carbonyl (C=O) groups excluding carboxylic acids is 1. The Balaban J connectivity index is 1.73. The van der Waals surface area contributed by atoms with Gasteiger partial charge in [0.1, 0.15) is 0 Å². The van der Waals surface area contributed by atoms with Gasteiger partial charge in [-0.1, -0.05) is 6.07 Å². The molecule has 5 nitrogen and oxygen atoms in total. The maximum Gasteiger partial charge on any atom is 0.335 e. The minimum atomic E-state index is -1.03. The van der Waals surface area contributed by atoms with Crippen molar-refractivity contribution >= 4 is 23.2 Å². The van der Waals surface area contributed by atoms with E-state index in [4.69, 9.17) is 5.11 Å². The standard InChI is InChI=1S/C16H18N2O3S/c1-11-10-22-14(18-11)7-2-3-8-17-15(19)12-5-4-6-13(9-12)16(20)21/h4-6,9-10H,2-3,7-8H2,1H3,(H,17,19)(H,20,21). The maximum absolute atomic E-state index is 11.9. The molecule has 0 radical (unpaired) electrons. The molecule has 0 aliphatic rings. The van der Waals surface area contributed by atoms with E-state index >= 15 is 0 Å². The Bertz CT molecular complexity index is 667. The molecule has 2 N–H and O–H groups in total. The Morgan fingerprint density at radius 1 is 1.27 bits per heavy atom. The number of carbonyl (C=O) groups is 2. The molecule has 0 spiro atoms. The van der Waals surface area contributed by atoms with E-state index in [2.05, 4.69) is 10.3 Å². The van der Waals surface area contributed by atoms with Crippen LogP contribution in [-0.4, -0.2) is 28.5 Å². The van der Waals surface area contributed by atoms with Gasteiger partial charge in [0.05, 0.1) is 10.6 Å². The van der Waals surface area contributed by atoms with Crippen molar-refractivity contribution in [2.45, 2.75) is 26.2 Å². The van der Waals surface area contributed by atoms with Gasteiger partial charge in [-0.3, -0.25) is 4.79 Å². The molecule has 1 aromatic carbocycles. The second-order valence-electron chi connectivity index (χ2n) is 4.98. The van der Waals surface area contributed by atoms with Crippen LogP contribution in [0.1, 0.15) is 44.3 Å². The van der Waals surface area contributed by atoms with Crippen molar-refractivity contribution < 1.29 is 14.7 Å². The number of thiazole rings is 1. The molecule has 2 aromatic rings. The van der Waals surface area contributed by atoms with E-state index in [0.717, 1.165) is 30.0 Å². The van der Waals surface area contributed by atoms with E-state index in [1.165, 1.54) is 12.1 Å². The zero-order chi connectivity index (χ0) is 15.9. The van der Waals surface area contributed by atoms with Gasteiger partial charge in [-0.25, -0.2) is 9.78 Å². The van der Waals surface area contributed by atoms with Crippen LogP contribution in [0.25, 0.3) is 0 Å². The Morgan fingerprint density at radius 2 is 2.05 bits per heavy atom. The number of unbranched alkanes of at least 4 members (excludes halogenated alkanes) is 1. The second-order valence-corrected chi connectivity index (χ2v) is 5.92. The third kappa shape index (κ3) is 4.66. The highest BCUT2D eigenvalue weighted by atomic mass is 32.1. The molecule has 0 fully saturated rings. The molecule has 6 heteroatoms. The van der Waals surface area contributed by atoms with Crippen LogP contribution in [0.15, 0.2) is 29.6 Å². The molecule has 0 bridgehead atoms. The van der Waals surface area contributed by atoms with Crippen LogP contribution in [0.3, 0.4) is 0 Å². The van der Waals surface area contributed by atoms with Crippen LogP contribution in [0, 0.1) is 6.92 Å². The molecule has 0 aliphatic heterocycles. The van der Waals surface area contributed by atoms with Crippen LogP contribution in [0.2, 0.25) is 0 Å². The normalized spacial score (nSPS) is 10.4. The predicted octanol–water partition coefficient (Wildman–Crippen LogP) is 2.90. The van der Waals surface area contributed by atoms with Crippen molar-refractivity contribution in [3.63, 3.8) is 0 Å². The Morgan fingerprint density at radius 3 is 2.73 bits per heavy atom. The number of aromatic carboxylic acids is 1. The van der Waals surface area contributed by atoms with Crippen molar-refractivity contribution in [3.8, 4) is 0 Å². The number of rotatable bonds is 7. The fourth-order valence-electron chi connectivity index (χ4n) is 2.02. The van der Waals surface area contributed by atoms with Gasteiger partial charge in [0.15, 0.2) is 0 Å². The first-order valence-electron chi connectivity index (χ1n) is 7.09. The Kier molecular flexibility index (Phi) is 5.66. The summed E-state index contributed by atoms with van der Waals surface area (Å²) < 4.78 is 0. The lowest BCUT2D eigenvalue weighted by molar-refractivity contribution is 0.0697. The van der Waals surface area contributed by atoms with Crippen LogP contribution < -0.4 is 5.32 Å². The summed E-state index contributed by atoms with van der Waals surface area (Å²) in [6, 6.07) is 6.04. The van der Waals surface area contributed by atoms with Gasteiger partial charge in [0.25, 0.3) is 5.91 Å². The average Bonchev–Trinajstić information content (AvgIpc) is 2.92. The fourth-order valence-corrected chi connectivity index (χ4v) is 2.83. The van der Waals surface area contributed by atoms with Gasteiger partial charge < -0.3 is 10.4 Å². The quantitative estimate of drug-likeness (QED) is 0.769. The van der Waals surface area contributed by atoms with Crippen LogP contribution in [0.4, 0.5) is 0 Å². The van der Waals surface area contributed by atoms with E-state index in [9.17, 15) is 9.59 Å². The van der Waals surface area contributed by atoms with Gasteiger partial charge in [0.2, 0.25) is 0 Å². The minimum Gasteiger partial charge on any atom is -0.478 e. The molecular formula is C16H18N2O3S. The van der Waals surface area contributed by atoms with Crippen LogP contribution >= 0.6 is 11.3 Å². The number of hydrogen-bond donors (Lipinski definition) is 2. The van der Waals surface area contributed by atoms with Crippen molar-refractivity contribution in [1.29, 1.82) is 0 Å². The number of nitrogens with one attached hydrogen (secondary N) is 1. The number of amides is 1. The summed E-state index contributed by atoms with van der Waals surface area (Å²) in [5, 5.41) is 14.9. The number of nitrogens with zero attached hydrogens (tertiary/aromatic N) is 1. The molecule has 2 rings (SSSR count). The summed E-state index contributed by atoms with van der Waals surface area (Å²) in [5.74, 6) is -1.28. The van der Waals surface area contributed by atoms with Crippen LogP contribution in [-0.2, 0) is 6.42 Å². The second kappa shape index (κ2) is 7.70. The Hall–Kier alpha value is -2.21. The van der Waals surface area contributed by atoms with Gasteiger partial charge >= 0.3 is 5.97 Å². The number of hydrogen-bond acceptors (Lipinski definition) is 4. The van der Waals surface area contributed by atoms with E-state index in [1.807, 2.05) is 12.3 Å². The number of benzene rings is 1. The van der Waals surface area contributed by atoms with E-state index in [1.54, 1.807) is 23.5 Å². The van der Waals surface area contributed by atoms with E-state index in [-0.39, 0.29) is 11.5 Å². The lowest BCUT2D eigenvalue weighted by Crippen LogP contribution is -2.24. The minimum absolute atomic E-state index is 0.117. The number of carboxylic acid groups (broad SMARTS) is 1. The third-order valence-electron chi connectivity index (χ3n) is 3.14. The number of carboxylic acids is 1. The average molecular weight is 318 g/mol. The number of aromatic nitrogens is 1. The zero-order valence-corrected chi connectivity index (χ0v) is 13.2. The monoisotopic (exact) mass is 318 g/mol. The Labute approximate surface area is 133 Å². The van der Waals surface area contributed by atoms with Gasteiger partial charge in [-0.15, -0.1) is 11.3 Å². The van der Waals surface area contributed by atoms with E-state index < -0.39 is 5.97 Å². The predicted molar refractivity (Wildman–Crippen MR) is 85.5 cm³/mol. The first-order chi connectivity index (χ1) is 10.6. The number of aryl methyl sites for hydroxylation is 2. The van der Waals surface area contributed by atoms with Gasteiger partial charge in [0, 0.05) is 23.2 Å². The third-order valence-corrected chi connectivity index (χ3v) is 4.17. The molecule has 0 atom stereocenters. The van der Waals surface area contributed by atoms with Crippen molar-refractivity contribution in [3.05, 3.63) is 51.5 Å². The van der Waals surface area contributed by atoms with E-state index in [0.29, 0.717) is 12.1 Å². The molecule has 116 valence electrons. The zero-order valence-electron chi connectivity index (χ0n) is 12.3.